The van der Waals surface area contributed by atoms with Crippen LogP contribution in [-0.2, 0) is 4.74 Å². The molecule has 2 aliphatic rings. The molecule has 1 saturated heterocycles. The highest BCUT2D eigenvalue weighted by Gasteiger charge is 2.48. The fourth-order valence-electron chi connectivity index (χ4n) is 3.98. The van der Waals surface area contributed by atoms with Crippen LogP contribution in [0.2, 0.25) is 5.02 Å². The third-order valence-corrected chi connectivity index (χ3v) is 5.41. The molecule has 0 aromatic heterocycles. The molecule has 1 unspecified atom stereocenters. The third kappa shape index (κ3) is 4.21. The number of aliphatic hydroxyl groups excluding tert-OH is 3. The van der Waals surface area contributed by atoms with Gasteiger partial charge in [0.2, 0.25) is 0 Å². The van der Waals surface area contributed by atoms with Gasteiger partial charge in [-0.05, 0) is 49.3 Å². The number of benzene rings is 1. The molecule has 0 radical (unpaired) electrons. The minimum absolute atomic E-state index is 0.0336. The number of ether oxygens (including phenoxy) is 2. The highest BCUT2D eigenvalue weighted by molar-refractivity contribution is 6.30. The number of hydrogen-bond donors (Lipinski definition) is 3. The van der Waals surface area contributed by atoms with Crippen LogP contribution < -0.4 is 4.74 Å². The molecule has 6 heteroatoms. The smallest absolute Gasteiger partial charge is 0.120 e. The molecule has 0 spiro atoms. The standard InChI is InChI=1S/C18H25ClO5/c19-11-2-1-3-13(6-11)23-10-12(21)4-5-15-16-7-14(9-20)24-18(16)8-17(15)22/h1-3,6,12,14-18,20-22H,4-5,7-10H2/t12-,14?,15-,16-,17-,18+/m1/s1. The van der Waals surface area contributed by atoms with E-state index >= 15 is 0 Å². The van der Waals surface area contributed by atoms with Crippen LogP contribution in [0.3, 0.4) is 0 Å². The molecule has 5 nitrogen and oxygen atoms in total. The maximum Gasteiger partial charge on any atom is 0.120 e. The lowest BCUT2D eigenvalue weighted by molar-refractivity contribution is -0.000221. The number of rotatable bonds is 7. The van der Waals surface area contributed by atoms with Crippen LogP contribution >= 0.6 is 11.6 Å². The van der Waals surface area contributed by atoms with Crippen molar-refractivity contribution in [2.24, 2.45) is 11.8 Å². The zero-order valence-electron chi connectivity index (χ0n) is 13.6. The fourth-order valence-corrected chi connectivity index (χ4v) is 4.16. The molecule has 3 rings (SSSR count). The Balaban J connectivity index is 1.44. The summed E-state index contributed by atoms with van der Waals surface area (Å²) in [5, 5.41) is 30.2. The van der Waals surface area contributed by atoms with Crippen LogP contribution in [0.1, 0.15) is 25.7 Å². The molecule has 0 amide bonds. The molecule has 134 valence electrons. The summed E-state index contributed by atoms with van der Waals surface area (Å²) >= 11 is 5.90. The van der Waals surface area contributed by atoms with E-state index in [0.717, 1.165) is 12.8 Å². The van der Waals surface area contributed by atoms with Crippen LogP contribution in [0.25, 0.3) is 0 Å². The average molecular weight is 357 g/mol. The third-order valence-electron chi connectivity index (χ3n) is 5.17. The van der Waals surface area contributed by atoms with Gasteiger partial charge in [0.15, 0.2) is 0 Å². The Morgan fingerprint density at radius 1 is 1.33 bits per heavy atom. The molecule has 24 heavy (non-hydrogen) atoms. The summed E-state index contributed by atoms with van der Waals surface area (Å²) < 4.78 is 11.3. The van der Waals surface area contributed by atoms with E-state index in [2.05, 4.69) is 0 Å². The minimum Gasteiger partial charge on any atom is -0.491 e. The van der Waals surface area contributed by atoms with Gasteiger partial charge in [-0.3, -0.25) is 0 Å². The SMILES string of the molecule is OCC1C[C@@H]2[C@@H](CC[C@@H](O)COc3cccc(Cl)c3)[C@H](O)C[C@@H]2O1. The maximum atomic E-state index is 10.2. The lowest BCUT2D eigenvalue weighted by Crippen LogP contribution is -2.25. The van der Waals surface area contributed by atoms with Crippen molar-refractivity contribution in [1.82, 2.24) is 0 Å². The summed E-state index contributed by atoms with van der Waals surface area (Å²) in [5.74, 6) is 1.03. The Bertz CT molecular complexity index is 540. The van der Waals surface area contributed by atoms with Crippen molar-refractivity contribution in [1.29, 1.82) is 0 Å². The summed E-state index contributed by atoms with van der Waals surface area (Å²) in [6.07, 6.45) is 1.66. The van der Waals surface area contributed by atoms with Gasteiger partial charge in [0, 0.05) is 11.4 Å². The molecule has 0 bridgehead atoms. The Morgan fingerprint density at radius 3 is 2.92 bits per heavy atom. The Hall–Kier alpha value is -0.850. The minimum atomic E-state index is -0.591. The molecule has 1 aliphatic heterocycles. The molecule has 2 fully saturated rings. The molecule has 1 aromatic carbocycles. The molecule has 1 aromatic rings. The Morgan fingerprint density at radius 2 is 2.17 bits per heavy atom. The normalized spacial score (nSPS) is 33.4. The summed E-state index contributed by atoms with van der Waals surface area (Å²) in [6.45, 7) is 0.235. The lowest BCUT2D eigenvalue weighted by atomic mass is 9.86. The monoisotopic (exact) mass is 356 g/mol. The molecular formula is C18H25ClO5. The van der Waals surface area contributed by atoms with Gasteiger partial charge in [-0.15, -0.1) is 0 Å². The molecule has 1 aliphatic carbocycles. The van der Waals surface area contributed by atoms with E-state index in [-0.39, 0.29) is 43.4 Å². The number of hydrogen-bond acceptors (Lipinski definition) is 5. The van der Waals surface area contributed by atoms with Crippen molar-refractivity contribution in [3.63, 3.8) is 0 Å². The molecule has 3 N–H and O–H groups in total. The Labute approximate surface area is 147 Å². The summed E-state index contributed by atoms with van der Waals surface area (Å²) in [6, 6.07) is 7.09. The highest BCUT2D eigenvalue weighted by atomic mass is 35.5. The fraction of sp³-hybridized carbons (Fsp3) is 0.667. The topological polar surface area (TPSA) is 79.2 Å². The predicted molar refractivity (Wildman–Crippen MR) is 90.2 cm³/mol. The maximum absolute atomic E-state index is 10.2. The van der Waals surface area contributed by atoms with Crippen molar-refractivity contribution in [3.05, 3.63) is 29.3 Å². The van der Waals surface area contributed by atoms with Gasteiger partial charge in [0.25, 0.3) is 0 Å². The summed E-state index contributed by atoms with van der Waals surface area (Å²) in [4.78, 5) is 0. The van der Waals surface area contributed by atoms with Crippen molar-refractivity contribution in [2.75, 3.05) is 13.2 Å². The molecule has 1 heterocycles. The van der Waals surface area contributed by atoms with Crippen LogP contribution in [0.5, 0.6) is 5.75 Å². The first kappa shape index (κ1) is 18.0. The first-order valence-electron chi connectivity index (χ1n) is 8.57. The number of halogens is 1. The highest BCUT2D eigenvalue weighted by Crippen LogP contribution is 2.45. The van der Waals surface area contributed by atoms with Gasteiger partial charge >= 0.3 is 0 Å². The first-order valence-corrected chi connectivity index (χ1v) is 8.95. The quantitative estimate of drug-likeness (QED) is 0.696. The van der Waals surface area contributed by atoms with Gasteiger partial charge < -0.3 is 24.8 Å². The van der Waals surface area contributed by atoms with E-state index < -0.39 is 6.10 Å². The number of aliphatic hydroxyl groups is 3. The van der Waals surface area contributed by atoms with E-state index in [1.807, 2.05) is 0 Å². The Kier molecular flexibility index (Phi) is 6.00. The predicted octanol–water partition coefficient (Wildman–Crippen LogP) is 2.01. The van der Waals surface area contributed by atoms with Crippen LogP contribution in [0.4, 0.5) is 0 Å². The zero-order chi connectivity index (χ0) is 17.1. The largest absolute Gasteiger partial charge is 0.491 e. The van der Waals surface area contributed by atoms with Crippen molar-refractivity contribution in [3.8, 4) is 5.75 Å². The summed E-state index contributed by atoms with van der Waals surface area (Å²) in [7, 11) is 0. The van der Waals surface area contributed by atoms with Crippen molar-refractivity contribution < 1.29 is 24.8 Å². The second-order valence-corrected chi connectivity index (χ2v) is 7.28. The summed E-state index contributed by atoms with van der Waals surface area (Å²) in [5.41, 5.74) is 0. The van der Waals surface area contributed by atoms with Gasteiger partial charge in [-0.25, -0.2) is 0 Å². The van der Waals surface area contributed by atoms with E-state index in [4.69, 9.17) is 21.1 Å². The van der Waals surface area contributed by atoms with E-state index in [1.165, 1.54) is 0 Å². The second kappa shape index (κ2) is 8.02. The molecular weight excluding hydrogens is 332 g/mol. The van der Waals surface area contributed by atoms with Crippen LogP contribution in [0, 0.1) is 11.8 Å². The zero-order valence-corrected chi connectivity index (χ0v) is 14.3. The van der Waals surface area contributed by atoms with Crippen molar-refractivity contribution >= 4 is 11.6 Å². The lowest BCUT2D eigenvalue weighted by Gasteiger charge is -2.22. The average Bonchev–Trinajstić information content (AvgIpc) is 3.08. The molecule has 6 atom stereocenters. The van der Waals surface area contributed by atoms with E-state index in [0.29, 0.717) is 23.6 Å². The second-order valence-electron chi connectivity index (χ2n) is 6.85. The van der Waals surface area contributed by atoms with Gasteiger partial charge in [0.05, 0.1) is 31.0 Å². The van der Waals surface area contributed by atoms with E-state index in [9.17, 15) is 15.3 Å². The van der Waals surface area contributed by atoms with Crippen LogP contribution in [0.15, 0.2) is 24.3 Å². The van der Waals surface area contributed by atoms with Gasteiger partial charge in [0.1, 0.15) is 12.4 Å². The van der Waals surface area contributed by atoms with Crippen molar-refractivity contribution in [2.45, 2.75) is 50.1 Å². The van der Waals surface area contributed by atoms with E-state index in [1.54, 1.807) is 24.3 Å². The van der Waals surface area contributed by atoms with Gasteiger partial charge in [-0.1, -0.05) is 17.7 Å². The number of fused-ring (bicyclic) bond motifs is 1. The molecule has 1 saturated carbocycles. The van der Waals surface area contributed by atoms with Crippen LogP contribution in [-0.4, -0.2) is 52.9 Å². The first-order chi connectivity index (χ1) is 11.6. The van der Waals surface area contributed by atoms with Gasteiger partial charge in [-0.2, -0.15) is 0 Å².